The lowest BCUT2D eigenvalue weighted by molar-refractivity contribution is 0.350. The van der Waals surface area contributed by atoms with Crippen LogP contribution in [0.15, 0.2) is 12.8 Å². The van der Waals surface area contributed by atoms with Crippen molar-refractivity contribution in [2.24, 2.45) is 5.92 Å². The number of aliphatic hydroxyl groups is 1. The van der Waals surface area contributed by atoms with Crippen molar-refractivity contribution in [2.45, 2.75) is 46.0 Å². The van der Waals surface area contributed by atoms with Gasteiger partial charge in [-0.15, -0.1) is 0 Å². The Hall–Kier alpha value is -0.500. The predicted octanol–water partition coefficient (Wildman–Crippen LogP) is 3.50. The van der Waals surface area contributed by atoms with Crippen LogP contribution in [-0.4, -0.2) is 18.7 Å². The van der Waals surface area contributed by atoms with Gasteiger partial charge < -0.3 is 10.4 Å². The lowest BCUT2D eigenvalue weighted by Gasteiger charge is -2.20. The standard InChI is InChI=1S/C8H17N.C2H4O.C2H6/c1-9-7-8-5-3-2-4-6-8;1-2-3;1-2/h8-9H,2-7H2,1H3;2-3H,1H2;1-2H3. The second-order valence-corrected chi connectivity index (χ2v) is 3.24. The highest BCUT2D eigenvalue weighted by Gasteiger charge is 2.11. The Morgan fingerprint density at radius 3 is 2.07 bits per heavy atom. The van der Waals surface area contributed by atoms with E-state index in [0.717, 1.165) is 12.2 Å². The molecule has 0 amide bonds. The lowest BCUT2D eigenvalue weighted by atomic mass is 9.89. The minimum Gasteiger partial charge on any atom is -0.516 e. The fourth-order valence-corrected chi connectivity index (χ4v) is 1.68. The highest BCUT2D eigenvalue weighted by Crippen LogP contribution is 2.22. The van der Waals surface area contributed by atoms with Crippen molar-refractivity contribution in [3.8, 4) is 0 Å². The van der Waals surface area contributed by atoms with Crippen LogP contribution in [0.4, 0.5) is 0 Å². The second-order valence-electron chi connectivity index (χ2n) is 3.24. The fraction of sp³-hybridized carbons (Fsp3) is 0.833. The first-order valence-corrected chi connectivity index (χ1v) is 5.74. The molecule has 0 aliphatic heterocycles. The summed E-state index contributed by atoms with van der Waals surface area (Å²) >= 11 is 0. The van der Waals surface area contributed by atoms with E-state index in [1.165, 1.54) is 38.6 Å². The summed E-state index contributed by atoms with van der Waals surface area (Å²) < 4.78 is 0. The van der Waals surface area contributed by atoms with E-state index in [2.05, 4.69) is 18.9 Å². The molecule has 1 rings (SSSR count). The summed E-state index contributed by atoms with van der Waals surface area (Å²) in [5.74, 6) is 0.990. The van der Waals surface area contributed by atoms with Crippen molar-refractivity contribution in [3.05, 3.63) is 12.8 Å². The van der Waals surface area contributed by atoms with Gasteiger partial charge in [-0.1, -0.05) is 39.7 Å². The molecule has 1 fully saturated rings. The highest BCUT2D eigenvalue weighted by atomic mass is 16.2. The van der Waals surface area contributed by atoms with E-state index in [1.807, 2.05) is 13.8 Å². The third-order valence-corrected chi connectivity index (χ3v) is 2.22. The fourth-order valence-electron chi connectivity index (χ4n) is 1.68. The Labute approximate surface area is 89.4 Å². The molecular weight excluding hydrogens is 174 g/mol. The molecular formula is C12H27NO. The van der Waals surface area contributed by atoms with Crippen LogP contribution in [-0.2, 0) is 0 Å². The maximum absolute atomic E-state index is 7.33. The van der Waals surface area contributed by atoms with Crippen molar-refractivity contribution in [2.75, 3.05) is 13.6 Å². The molecule has 0 bridgehead atoms. The van der Waals surface area contributed by atoms with Crippen molar-refractivity contribution >= 4 is 0 Å². The van der Waals surface area contributed by atoms with Crippen LogP contribution in [0, 0.1) is 5.92 Å². The summed E-state index contributed by atoms with van der Waals surface area (Å²) in [5, 5.41) is 10.6. The quantitative estimate of drug-likeness (QED) is 0.670. The molecule has 0 atom stereocenters. The van der Waals surface area contributed by atoms with E-state index in [4.69, 9.17) is 5.11 Å². The summed E-state index contributed by atoms with van der Waals surface area (Å²) in [7, 11) is 2.05. The molecule has 0 aromatic carbocycles. The van der Waals surface area contributed by atoms with Gasteiger partial charge in [-0.3, -0.25) is 0 Å². The Kier molecular flexibility index (Phi) is 17.1. The van der Waals surface area contributed by atoms with Gasteiger partial charge in [-0.25, -0.2) is 0 Å². The van der Waals surface area contributed by atoms with E-state index in [1.54, 1.807) is 0 Å². The van der Waals surface area contributed by atoms with Crippen LogP contribution in [0.1, 0.15) is 46.0 Å². The van der Waals surface area contributed by atoms with Crippen LogP contribution < -0.4 is 5.32 Å². The normalized spacial score (nSPS) is 15.6. The van der Waals surface area contributed by atoms with Crippen molar-refractivity contribution in [1.82, 2.24) is 5.32 Å². The average Bonchev–Trinajstić information content (AvgIpc) is 2.24. The lowest BCUT2D eigenvalue weighted by Crippen LogP contribution is -2.20. The zero-order valence-corrected chi connectivity index (χ0v) is 10.1. The Bertz CT molecular complexity index is 95.7. The molecule has 2 N–H and O–H groups in total. The van der Waals surface area contributed by atoms with Gasteiger partial charge in [0.1, 0.15) is 0 Å². The molecule has 0 radical (unpaired) electrons. The van der Waals surface area contributed by atoms with Crippen molar-refractivity contribution in [1.29, 1.82) is 0 Å². The number of aliphatic hydroxyl groups excluding tert-OH is 1. The molecule has 2 nitrogen and oxygen atoms in total. The molecule has 0 aromatic rings. The molecule has 0 unspecified atom stereocenters. The molecule has 1 saturated carbocycles. The number of nitrogens with one attached hydrogen (secondary N) is 1. The van der Waals surface area contributed by atoms with Crippen LogP contribution in [0.5, 0.6) is 0 Å². The van der Waals surface area contributed by atoms with E-state index in [-0.39, 0.29) is 0 Å². The summed E-state index contributed by atoms with van der Waals surface area (Å²) in [6, 6.07) is 0. The molecule has 0 saturated heterocycles. The molecule has 1 aliphatic rings. The van der Waals surface area contributed by atoms with Gasteiger partial charge in [-0.2, -0.15) is 0 Å². The van der Waals surface area contributed by atoms with Crippen molar-refractivity contribution < 1.29 is 5.11 Å². The molecule has 0 heterocycles. The van der Waals surface area contributed by atoms with E-state index in [9.17, 15) is 0 Å². The van der Waals surface area contributed by atoms with Crippen LogP contribution in [0.3, 0.4) is 0 Å². The number of rotatable bonds is 2. The van der Waals surface area contributed by atoms with Crippen LogP contribution in [0.25, 0.3) is 0 Å². The van der Waals surface area contributed by atoms with E-state index in [0.29, 0.717) is 0 Å². The first-order valence-electron chi connectivity index (χ1n) is 5.74. The molecule has 1 aliphatic carbocycles. The van der Waals surface area contributed by atoms with Crippen LogP contribution in [0.2, 0.25) is 0 Å². The molecule has 2 heteroatoms. The molecule has 86 valence electrons. The Morgan fingerprint density at radius 2 is 1.71 bits per heavy atom. The number of hydrogen-bond acceptors (Lipinski definition) is 2. The molecule has 14 heavy (non-hydrogen) atoms. The second kappa shape index (κ2) is 15.0. The van der Waals surface area contributed by atoms with Gasteiger partial charge in [0, 0.05) is 0 Å². The van der Waals surface area contributed by atoms with E-state index >= 15 is 0 Å². The maximum Gasteiger partial charge on any atom is 0.0719 e. The van der Waals surface area contributed by atoms with E-state index < -0.39 is 0 Å². The third kappa shape index (κ3) is 11.5. The topological polar surface area (TPSA) is 32.3 Å². The van der Waals surface area contributed by atoms with Gasteiger partial charge in [0.25, 0.3) is 0 Å². The largest absolute Gasteiger partial charge is 0.516 e. The molecule has 0 aromatic heterocycles. The monoisotopic (exact) mass is 201 g/mol. The SMILES string of the molecule is C=CO.CC.CNCC1CCCCC1. The first-order chi connectivity index (χ1) is 6.85. The summed E-state index contributed by atoms with van der Waals surface area (Å²) in [6.45, 7) is 8.15. The summed E-state index contributed by atoms with van der Waals surface area (Å²) in [4.78, 5) is 0. The van der Waals surface area contributed by atoms with Gasteiger partial charge in [0.15, 0.2) is 0 Å². The molecule has 0 spiro atoms. The van der Waals surface area contributed by atoms with Gasteiger partial charge in [-0.05, 0) is 32.4 Å². The zero-order valence-electron chi connectivity index (χ0n) is 10.1. The predicted molar refractivity (Wildman–Crippen MR) is 64.7 cm³/mol. The van der Waals surface area contributed by atoms with Gasteiger partial charge in [0.05, 0.1) is 6.26 Å². The van der Waals surface area contributed by atoms with Crippen molar-refractivity contribution in [3.63, 3.8) is 0 Å². The van der Waals surface area contributed by atoms with Gasteiger partial charge in [0.2, 0.25) is 0 Å². The summed E-state index contributed by atoms with van der Waals surface area (Å²) in [5.41, 5.74) is 0. The van der Waals surface area contributed by atoms with Gasteiger partial charge >= 0.3 is 0 Å². The Balaban J connectivity index is 0. The zero-order chi connectivity index (χ0) is 11.2. The minimum atomic E-state index is 0.750. The highest BCUT2D eigenvalue weighted by molar-refractivity contribution is 4.66. The minimum absolute atomic E-state index is 0.750. The maximum atomic E-state index is 7.33. The smallest absolute Gasteiger partial charge is 0.0719 e. The number of hydrogen-bond donors (Lipinski definition) is 2. The first kappa shape index (κ1) is 15.9. The average molecular weight is 201 g/mol. The van der Waals surface area contributed by atoms with Crippen LogP contribution >= 0.6 is 0 Å². The Morgan fingerprint density at radius 1 is 1.29 bits per heavy atom. The summed E-state index contributed by atoms with van der Waals surface area (Å²) in [6.07, 6.45) is 8.07. The third-order valence-electron chi connectivity index (χ3n) is 2.22.